The van der Waals surface area contributed by atoms with Crippen molar-refractivity contribution in [2.75, 3.05) is 0 Å². The lowest BCUT2D eigenvalue weighted by molar-refractivity contribution is 0.300. The summed E-state index contributed by atoms with van der Waals surface area (Å²) in [7, 11) is 0. The molecule has 0 saturated heterocycles. The van der Waals surface area contributed by atoms with E-state index in [1.807, 2.05) is 36.4 Å². The fourth-order valence-corrected chi connectivity index (χ4v) is 7.24. The van der Waals surface area contributed by atoms with Gasteiger partial charge in [0.05, 0.1) is 0 Å². The zero-order chi connectivity index (χ0) is 31.5. The van der Waals surface area contributed by atoms with Gasteiger partial charge in [-0.1, -0.05) is 167 Å². The number of hydrogen-bond acceptors (Lipinski definition) is 3. The smallest absolute Gasteiger partial charge is 0.165 e. The van der Waals surface area contributed by atoms with Crippen LogP contribution in [-0.4, -0.2) is 15.0 Å². The first-order valence-corrected chi connectivity index (χ1v) is 16.0. The molecule has 8 rings (SSSR count). The summed E-state index contributed by atoms with van der Waals surface area (Å²) in [5, 5.41) is 2.27. The van der Waals surface area contributed by atoms with Crippen LogP contribution in [0.2, 0.25) is 0 Å². The molecule has 0 bridgehead atoms. The third kappa shape index (κ3) is 4.30. The summed E-state index contributed by atoms with van der Waals surface area (Å²) < 4.78 is 0. The molecule has 222 valence electrons. The van der Waals surface area contributed by atoms with Crippen LogP contribution in [0.3, 0.4) is 0 Å². The van der Waals surface area contributed by atoms with Crippen LogP contribution in [-0.2, 0) is 10.8 Å². The van der Waals surface area contributed by atoms with Crippen LogP contribution in [0.5, 0.6) is 0 Å². The van der Waals surface area contributed by atoms with Gasteiger partial charge in [0.1, 0.15) is 0 Å². The highest BCUT2D eigenvalue weighted by molar-refractivity contribution is 6.04. The van der Waals surface area contributed by atoms with Crippen molar-refractivity contribution < 1.29 is 0 Å². The highest BCUT2D eigenvalue weighted by Gasteiger charge is 2.47. The topological polar surface area (TPSA) is 38.7 Å². The van der Waals surface area contributed by atoms with Gasteiger partial charge in [0.15, 0.2) is 17.5 Å². The molecule has 0 spiro atoms. The van der Waals surface area contributed by atoms with Crippen molar-refractivity contribution in [3.63, 3.8) is 0 Å². The van der Waals surface area contributed by atoms with E-state index in [2.05, 4.69) is 131 Å². The second kappa shape index (κ2) is 10.6. The van der Waals surface area contributed by atoms with Crippen LogP contribution in [0.4, 0.5) is 0 Å². The SMILES string of the molecule is CC1(C)c2ccccc2-c2cccc(-c3ccc4ccccc4c3-c3nc(-c4ccccc4)nc(-c4ccccc4)n3)c2C1(C)C. The van der Waals surface area contributed by atoms with Crippen molar-refractivity contribution in [1.29, 1.82) is 0 Å². The molecule has 46 heavy (non-hydrogen) atoms. The molecule has 0 N–H and O–H groups in total. The molecule has 1 aromatic heterocycles. The molecule has 6 aromatic carbocycles. The van der Waals surface area contributed by atoms with Gasteiger partial charge in [-0.05, 0) is 49.6 Å². The summed E-state index contributed by atoms with van der Waals surface area (Å²) >= 11 is 0. The summed E-state index contributed by atoms with van der Waals surface area (Å²) in [4.78, 5) is 15.4. The normalized spacial score (nSPS) is 14.4. The maximum Gasteiger partial charge on any atom is 0.165 e. The van der Waals surface area contributed by atoms with Crippen molar-refractivity contribution in [3.8, 4) is 56.4 Å². The van der Waals surface area contributed by atoms with E-state index in [9.17, 15) is 0 Å². The van der Waals surface area contributed by atoms with Crippen LogP contribution in [0, 0.1) is 0 Å². The number of nitrogens with zero attached hydrogens (tertiary/aromatic N) is 3. The van der Waals surface area contributed by atoms with Crippen molar-refractivity contribution in [2.45, 2.75) is 38.5 Å². The Bertz CT molecular complexity index is 2190. The van der Waals surface area contributed by atoms with Gasteiger partial charge in [-0.2, -0.15) is 0 Å². The Balaban J connectivity index is 1.47. The van der Waals surface area contributed by atoms with E-state index in [0.717, 1.165) is 33.0 Å². The predicted octanol–water partition coefficient (Wildman–Crippen LogP) is 10.9. The third-order valence-electron chi connectivity index (χ3n) is 10.3. The molecular formula is C43H35N3. The Hall–Kier alpha value is -5.41. The maximum atomic E-state index is 5.23. The number of hydrogen-bond donors (Lipinski definition) is 0. The maximum absolute atomic E-state index is 5.23. The Morgan fingerprint density at radius 2 is 0.913 bits per heavy atom. The number of benzene rings is 6. The minimum absolute atomic E-state index is 0.0994. The summed E-state index contributed by atoms with van der Waals surface area (Å²) in [6, 6.07) is 49.2. The number of rotatable bonds is 4. The highest BCUT2D eigenvalue weighted by Crippen LogP contribution is 2.57. The lowest BCUT2D eigenvalue weighted by Crippen LogP contribution is -2.43. The molecule has 3 nitrogen and oxygen atoms in total. The molecule has 7 aromatic rings. The lowest BCUT2D eigenvalue weighted by atomic mass is 9.54. The van der Waals surface area contributed by atoms with E-state index in [1.54, 1.807) is 0 Å². The average molecular weight is 594 g/mol. The Morgan fingerprint density at radius 3 is 1.59 bits per heavy atom. The van der Waals surface area contributed by atoms with Crippen LogP contribution in [0.1, 0.15) is 38.8 Å². The number of fused-ring (bicyclic) bond motifs is 4. The third-order valence-corrected chi connectivity index (χ3v) is 10.3. The largest absolute Gasteiger partial charge is 0.208 e. The van der Waals surface area contributed by atoms with E-state index >= 15 is 0 Å². The zero-order valence-electron chi connectivity index (χ0n) is 26.6. The molecule has 0 unspecified atom stereocenters. The van der Waals surface area contributed by atoms with E-state index in [-0.39, 0.29) is 10.8 Å². The van der Waals surface area contributed by atoms with Crippen molar-refractivity contribution >= 4 is 10.8 Å². The lowest BCUT2D eigenvalue weighted by Gasteiger charge is -2.49. The molecule has 0 radical (unpaired) electrons. The van der Waals surface area contributed by atoms with Gasteiger partial charge in [0.25, 0.3) is 0 Å². The molecule has 1 aliphatic carbocycles. The van der Waals surface area contributed by atoms with Crippen molar-refractivity contribution in [2.24, 2.45) is 0 Å². The molecule has 0 atom stereocenters. The quantitative estimate of drug-likeness (QED) is 0.204. The van der Waals surface area contributed by atoms with Gasteiger partial charge in [-0.15, -0.1) is 0 Å². The Labute approximate surface area is 270 Å². The first kappa shape index (κ1) is 28.1. The summed E-state index contributed by atoms with van der Waals surface area (Å²) in [6.45, 7) is 9.57. The van der Waals surface area contributed by atoms with E-state index in [4.69, 9.17) is 15.0 Å². The molecule has 1 aliphatic rings. The second-order valence-corrected chi connectivity index (χ2v) is 13.3. The summed E-state index contributed by atoms with van der Waals surface area (Å²) in [6.07, 6.45) is 0. The van der Waals surface area contributed by atoms with Crippen molar-refractivity contribution in [3.05, 3.63) is 151 Å². The van der Waals surface area contributed by atoms with Gasteiger partial charge in [-0.25, -0.2) is 15.0 Å². The summed E-state index contributed by atoms with van der Waals surface area (Å²) in [5.74, 6) is 1.99. The fourth-order valence-electron chi connectivity index (χ4n) is 7.24. The highest BCUT2D eigenvalue weighted by atomic mass is 15.0. The minimum Gasteiger partial charge on any atom is -0.208 e. The molecule has 0 amide bonds. The van der Waals surface area contributed by atoms with Crippen LogP contribution >= 0.6 is 0 Å². The van der Waals surface area contributed by atoms with Crippen molar-refractivity contribution in [1.82, 2.24) is 15.0 Å². The Kier molecular flexibility index (Phi) is 6.47. The van der Waals surface area contributed by atoms with E-state index in [1.165, 1.54) is 27.8 Å². The monoisotopic (exact) mass is 593 g/mol. The average Bonchev–Trinajstić information content (AvgIpc) is 3.11. The number of aromatic nitrogens is 3. The molecule has 3 heteroatoms. The predicted molar refractivity (Wildman–Crippen MR) is 191 cm³/mol. The Morgan fingerprint density at radius 1 is 0.391 bits per heavy atom. The van der Waals surface area contributed by atoms with Gasteiger partial charge in [0, 0.05) is 22.1 Å². The molecule has 0 fully saturated rings. The van der Waals surface area contributed by atoms with Crippen LogP contribution in [0.15, 0.2) is 140 Å². The standard InChI is InChI=1S/C43H35N3/c1-42(2)36-25-14-13-22-32(36)34-23-15-24-35(38(34)43(42,3)4)33-27-26-28-16-11-12-21-31(28)37(33)41-45-39(29-17-7-5-8-18-29)44-40(46-41)30-19-9-6-10-20-30/h5-27H,1-4H3. The summed E-state index contributed by atoms with van der Waals surface area (Å²) in [5.41, 5.74) is 10.4. The molecule has 0 saturated carbocycles. The fraction of sp³-hybridized carbons (Fsp3) is 0.140. The minimum atomic E-state index is -0.167. The molecule has 1 heterocycles. The molecular weight excluding hydrogens is 558 g/mol. The van der Waals surface area contributed by atoms with E-state index < -0.39 is 0 Å². The van der Waals surface area contributed by atoms with Gasteiger partial charge in [-0.3, -0.25) is 0 Å². The first-order valence-electron chi connectivity index (χ1n) is 16.0. The van der Waals surface area contributed by atoms with Crippen LogP contribution < -0.4 is 0 Å². The van der Waals surface area contributed by atoms with Gasteiger partial charge < -0.3 is 0 Å². The molecule has 0 aliphatic heterocycles. The first-order chi connectivity index (χ1) is 22.3. The van der Waals surface area contributed by atoms with Gasteiger partial charge in [0.2, 0.25) is 0 Å². The second-order valence-electron chi connectivity index (χ2n) is 13.3. The zero-order valence-corrected chi connectivity index (χ0v) is 26.6. The van der Waals surface area contributed by atoms with Crippen LogP contribution in [0.25, 0.3) is 67.2 Å². The van der Waals surface area contributed by atoms with E-state index in [0.29, 0.717) is 17.5 Å². The van der Waals surface area contributed by atoms with Gasteiger partial charge >= 0.3 is 0 Å².